The summed E-state index contributed by atoms with van der Waals surface area (Å²) >= 11 is 2.17. The van der Waals surface area contributed by atoms with Crippen LogP contribution in [0.3, 0.4) is 0 Å². The molecule has 0 aromatic rings. The maximum Gasteiger partial charge on any atom is 0.225 e. The number of alkyl halides is 1. The van der Waals surface area contributed by atoms with Gasteiger partial charge in [-0.2, -0.15) is 0 Å². The first-order valence-electron chi connectivity index (χ1n) is 2.90. The van der Waals surface area contributed by atoms with Gasteiger partial charge in [-0.3, -0.25) is 4.79 Å². The highest BCUT2D eigenvalue weighted by Gasteiger charge is 2.10. The summed E-state index contributed by atoms with van der Waals surface area (Å²) in [6.45, 7) is 3.82. The van der Waals surface area contributed by atoms with Gasteiger partial charge in [-0.1, -0.05) is 36.4 Å². The van der Waals surface area contributed by atoms with E-state index >= 15 is 0 Å². The minimum absolute atomic E-state index is 0.129. The van der Waals surface area contributed by atoms with Crippen molar-refractivity contribution in [2.24, 2.45) is 5.92 Å². The first-order chi connectivity index (χ1) is 4.09. The lowest BCUT2D eigenvalue weighted by molar-refractivity contribution is -0.131. The van der Waals surface area contributed by atoms with Crippen LogP contribution in [0.15, 0.2) is 0 Å². The van der Waals surface area contributed by atoms with Crippen molar-refractivity contribution in [1.29, 1.82) is 0 Å². The molecule has 1 amide bonds. The van der Waals surface area contributed by atoms with Gasteiger partial charge in [0.25, 0.3) is 0 Å². The van der Waals surface area contributed by atoms with Gasteiger partial charge in [-0.15, -0.1) is 0 Å². The Bertz CT molecular complexity index is 103. The highest BCUT2D eigenvalue weighted by Crippen LogP contribution is 1.99. The van der Waals surface area contributed by atoms with Crippen molar-refractivity contribution in [3.63, 3.8) is 0 Å². The topological polar surface area (TPSA) is 20.3 Å². The van der Waals surface area contributed by atoms with E-state index in [9.17, 15) is 4.79 Å². The molecule has 0 atom stereocenters. The Labute approximate surface area is 69.7 Å². The molecule has 9 heavy (non-hydrogen) atoms. The van der Waals surface area contributed by atoms with Crippen molar-refractivity contribution >= 4 is 28.5 Å². The van der Waals surface area contributed by atoms with Crippen molar-refractivity contribution in [2.75, 3.05) is 11.6 Å². The zero-order valence-electron chi connectivity index (χ0n) is 6.02. The Morgan fingerprint density at radius 3 is 2.22 bits per heavy atom. The maximum atomic E-state index is 11.0. The first kappa shape index (κ1) is 9.20. The van der Waals surface area contributed by atoms with Crippen LogP contribution >= 0.6 is 22.6 Å². The highest BCUT2D eigenvalue weighted by atomic mass is 127. The molecule has 0 aliphatic rings. The second-order valence-corrected chi connectivity index (χ2v) is 2.99. The average Bonchev–Trinajstić information content (AvgIpc) is 1.84. The fourth-order valence-corrected chi connectivity index (χ4v) is 0.836. The number of rotatable bonds is 2. The van der Waals surface area contributed by atoms with Gasteiger partial charge in [0.1, 0.15) is 0 Å². The second kappa shape index (κ2) is 4.09. The molecule has 54 valence electrons. The molecule has 0 heterocycles. The molecule has 0 spiro atoms. The molecule has 2 nitrogen and oxygen atoms in total. The Morgan fingerprint density at radius 2 is 2.11 bits per heavy atom. The molecule has 0 bridgehead atoms. The van der Waals surface area contributed by atoms with Crippen LogP contribution in [0.5, 0.6) is 0 Å². The van der Waals surface area contributed by atoms with Crippen molar-refractivity contribution in [3.05, 3.63) is 0 Å². The first-order valence-corrected chi connectivity index (χ1v) is 4.43. The monoisotopic (exact) mass is 241 g/mol. The summed E-state index contributed by atoms with van der Waals surface area (Å²) in [4.78, 5) is 12.7. The van der Waals surface area contributed by atoms with E-state index in [1.54, 1.807) is 4.90 Å². The molecule has 0 aromatic heterocycles. The molecule has 0 aliphatic carbocycles. The van der Waals surface area contributed by atoms with Crippen LogP contribution in [0.25, 0.3) is 0 Å². The minimum atomic E-state index is 0.129. The summed E-state index contributed by atoms with van der Waals surface area (Å²) in [6, 6.07) is 0. The summed E-state index contributed by atoms with van der Waals surface area (Å²) in [5, 5.41) is 0. The summed E-state index contributed by atoms with van der Waals surface area (Å²) in [5.74, 6) is 0.342. The summed E-state index contributed by atoms with van der Waals surface area (Å²) in [7, 11) is 1.81. The number of hydrogen-bond donors (Lipinski definition) is 0. The van der Waals surface area contributed by atoms with Gasteiger partial charge in [-0.25, -0.2) is 0 Å². The van der Waals surface area contributed by atoms with Crippen LogP contribution in [0.2, 0.25) is 0 Å². The number of carbonyl (C=O) groups is 1. The van der Waals surface area contributed by atoms with Gasteiger partial charge in [0.15, 0.2) is 0 Å². The van der Waals surface area contributed by atoms with Crippen molar-refractivity contribution < 1.29 is 4.79 Å². The van der Waals surface area contributed by atoms with E-state index in [0.717, 1.165) is 4.55 Å². The number of hydrogen-bond acceptors (Lipinski definition) is 1. The Hall–Kier alpha value is 0.200. The van der Waals surface area contributed by atoms with Gasteiger partial charge < -0.3 is 4.90 Å². The molecule has 3 heteroatoms. The highest BCUT2D eigenvalue weighted by molar-refractivity contribution is 14.1. The second-order valence-electron chi connectivity index (χ2n) is 2.31. The Kier molecular flexibility index (Phi) is 4.18. The summed E-state index contributed by atoms with van der Waals surface area (Å²) in [5.41, 5.74) is 0. The zero-order chi connectivity index (χ0) is 7.44. The molecule has 0 aliphatic heterocycles. The molecular weight excluding hydrogens is 229 g/mol. The molecule has 0 rings (SSSR count). The van der Waals surface area contributed by atoms with Crippen LogP contribution in [0, 0.1) is 5.92 Å². The lowest BCUT2D eigenvalue weighted by atomic mass is 10.2. The van der Waals surface area contributed by atoms with E-state index in [2.05, 4.69) is 22.6 Å². The fourth-order valence-electron chi connectivity index (χ4n) is 0.500. The van der Waals surface area contributed by atoms with Gasteiger partial charge in [-0.05, 0) is 0 Å². The normalized spacial score (nSPS) is 9.89. The van der Waals surface area contributed by atoms with Gasteiger partial charge in [0.2, 0.25) is 5.91 Å². The quantitative estimate of drug-likeness (QED) is 0.407. The molecule has 0 saturated carbocycles. The van der Waals surface area contributed by atoms with E-state index in [1.165, 1.54) is 0 Å². The molecule has 0 unspecified atom stereocenters. The third-order valence-corrected chi connectivity index (χ3v) is 2.07. The maximum absolute atomic E-state index is 11.0. The minimum Gasteiger partial charge on any atom is -0.336 e. The van der Waals surface area contributed by atoms with Gasteiger partial charge in [0, 0.05) is 13.0 Å². The number of amides is 1. The molecule has 0 aromatic carbocycles. The van der Waals surface area contributed by atoms with Crippen LogP contribution in [-0.2, 0) is 4.79 Å². The van der Waals surface area contributed by atoms with Crippen molar-refractivity contribution in [3.8, 4) is 0 Å². The predicted octanol–water partition coefficient (Wildman–Crippen LogP) is 1.49. The average molecular weight is 241 g/mol. The van der Waals surface area contributed by atoms with Gasteiger partial charge >= 0.3 is 0 Å². The summed E-state index contributed by atoms with van der Waals surface area (Å²) < 4.78 is 0.773. The van der Waals surface area contributed by atoms with Crippen LogP contribution in [0.1, 0.15) is 13.8 Å². The number of nitrogens with zero attached hydrogens (tertiary/aromatic N) is 1. The molecule has 0 saturated heterocycles. The van der Waals surface area contributed by atoms with Gasteiger partial charge in [0.05, 0.1) is 4.55 Å². The lowest BCUT2D eigenvalue weighted by Gasteiger charge is -2.15. The fraction of sp³-hybridized carbons (Fsp3) is 0.833. The molecule has 0 fully saturated rings. The van der Waals surface area contributed by atoms with Crippen LogP contribution < -0.4 is 0 Å². The molecular formula is C6H12INO. The number of carbonyl (C=O) groups excluding carboxylic acids is 1. The third-order valence-electron chi connectivity index (χ3n) is 1.05. The SMILES string of the molecule is CC(C)C(=O)N(C)CI. The third kappa shape index (κ3) is 3.03. The lowest BCUT2D eigenvalue weighted by Crippen LogP contribution is -2.28. The van der Waals surface area contributed by atoms with E-state index in [4.69, 9.17) is 0 Å². The van der Waals surface area contributed by atoms with Crippen molar-refractivity contribution in [1.82, 2.24) is 4.90 Å². The largest absolute Gasteiger partial charge is 0.336 e. The smallest absolute Gasteiger partial charge is 0.225 e. The Morgan fingerprint density at radius 1 is 1.67 bits per heavy atom. The van der Waals surface area contributed by atoms with Crippen LogP contribution in [-0.4, -0.2) is 22.4 Å². The number of halogens is 1. The summed E-state index contributed by atoms with van der Waals surface area (Å²) in [6.07, 6.45) is 0. The molecule has 0 N–H and O–H groups in total. The van der Waals surface area contributed by atoms with Crippen LogP contribution in [0.4, 0.5) is 0 Å². The predicted molar refractivity (Wildman–Crippen MR) is 46.5 cm³/mol. The van der Waals surface area contributed by atoms with E-state index in [0.29, 0.717) is 0 Å². The van der Waals surface area contributed by atoms with E-state index < -0.39 is 0 Å². The zero-order valence-corrected chi connectivity index (χ0v) is 8.18. The van der Waals surface area contributed by atoms with E-state index in [-0.39, 0.29) is 11.8 Å². The standard InChI is InChI=1S/C6H12INO/c1-5(2)6(9)8(3)4-7/h5H,4H2,1-3H3. The van der Waals surface area contributed by atoms with E-state index in [1.807, 2.05) is 20.9 Å². The molecule has 0 radical (unpaired) electrons. The Balaban J connectivity index is 3.73. The van der Waals surface area contributed by atoms with Crippen molar-refractivity contribution in [2.45, 2.75) is 13.8 Å².